The second-order valence-corrected chi connectivity index (χ2v) is 7.68. The number of carbonyl (C=O) groups is 2. The maximum Gasteiger partial charge on any atom is 0.298 e. The molecule has 27 heavy (non-hydrogen) atoms. The molecule has 1 saturated heterocycles. The Labute approximate surface area is 174 Å². The minimum absolute atomic E-state index is 0.298. The number of para-hydroxylation sites is 1. The molecule has 0 aliphatic carbocycles. The molecule has 1 aliphatic heterocycles. The van der Waals surface area contributed by atoms with E-state index in [1.165, 1.54) is 0 Å². The molecule has 0 spiro atoms. The number of carbonyl (C=O) groups excluding carboxylic acids is 2. The number of hydrogen-bond acceptors (Lipinski definition) is 5. The minimum atomic E-state index is -0.419. The summed E-state index contributed by atoms with van der Waals surface area (Å²) in [5.41, 5.74) is 1.06. The monoisotopic (exact) mass is 467 g/mol. The van der Waals surface area contributed by atoms with E-state index in [0.29, 0.717) is 39.3 Å². The Bertz CT molecular complexity index is 947. The third kappa shape index (κ3) is 4.00. The van der Waals surface area contributed by atoms with Crippen LogP contribution in [0.5, 0.6) is 11.5 Å². The summed E-state index contributed by atoms with van der Waals surface area (Å²) >= 11 is 10.5. The highest BCUT2D eigenvalue weighted by molar-refractivity contribution is 9.10. The molecule has 0 N–H and O–H groups in total. The second kappa shape index (κ2) is 8.37. The van der Waals surface area contributed by atoms with Gasteiger partial charge in [-0.3, -0.25) is 9.59 Å². The highest BCUT2D eigenvalue weighted by atomic mass is 79.9. The van der Waals surface area contributed by atoms with Crippen LogP contribution in [-0.2, 0) is 4.79 Å². The van der Waals surface area contributed by atoms with Crippen molar-refractivity contribution >= 4 is 62.2 Å². The van der Waals surface area contributed by atoms with Crippen molar-refractivity contribution in [2.24, 2.45) is 0 Å². The van der Waals surface area contributed by atoms with E-state index in [0.717, 1.165) is 21.1 Å². The van der Waals surface area contributed by atoms with Crippen molar-refractivity contribution in [3.8, 4) is 11.5 Å². The van der Waals surface area contributed by atoms with E-state index in [-0.39, 0.29) is 0 Å². The Morgan fingerprint density at radius 3 is 2.63 bits per heavy atom. The molecule has 3 rings (SSSR count). The van der Waals surface area contributed by atoms with Crippen molar-refractivity contribution in [2.75, 3.05) is 18.6 Å². The summed E-state index contributed by atoms with van der Waals surface area (Å²) in [6.07, 6.45) is 1.64. The van der Waals surface area contributed by atoms with Gasteiger partial charge in [-0.25, -0.2) is 4.90 Å². The third-order valence-corrected chi connectivity index (χ3v) is 5.63. The van der Waals surface area contributed by atoms with Gasteiger partial charge in [-0.15, -0.1) is 0 Å². The van der Waals surface area contributed by atoms with Crippen molar-refractivity contribution < 1.29 is 19.1 Å². The summed E-state index contributed by atoms with van der Waals surface area (Å²) in [6.45, 7) is 2.38. The van der Waals surface area contributed by atoms with Crippen LogP contribution in [0.3, 0.4) is 0 Å². The third-order valence-electron chi connectivity index (χ3n) is 3.76. The first kappa shape index (κ1) is 19.8. The fourth-order valence-electron chi connectivity index (χ4n) is 2.54. The van der Waals surface area contributed by atoms with Crippen LogP contribution >= 0.6 is 39.3 Å². The molecule has 2 aromatic rings. The lowest BCUT2D eigenvalue weighted by atomic mass is 10.1. The van der Waals surface area contributed by atoms with Crippen molar-refractivity contribution in [3.63, 3.8) is 0 Å². The number of hydrogen-bond donors (Lipinski definition) is 0. The van der Waals surface area contributed by atoms with Gasteiger partial charge in [-0.1, -0.05) is 39.7 Å². The predicted molar refractivity (Wildman–Crippen MR) is 112 cm³/mol. The molecule has 0 radical (unpaired) electrons. The van der Waals surface area contributed by atoms with E-state index in [1.807, 2.05) is 6.92 Å². The number of imide groups is 1. The Morgan fingerprint density at radius 1 is 1.22 bits per heavy atom. The fourth-order valence-corrected chi connectivity index (χ4v) is 4.02. The summed E-state index contributed by atoms with van der Waals surface area (Å²) in [6, 6.07) is 10.3. The first-order valence-corrected chi connectivity index (χ1v) is 9.97. The van der Waals surface area contributed by atoms with Crippen LogP contribution in [0.2, 0.25) is 5.02 Å². The van der Waals surface area contributed by atoms with E-state index in [2.05, 4.69) is 15.9 Å². The number of thioether (sulfide) groups is 1. The number of ether oxygens (including phenoxy) is 2. The lowest BCUT2D eigenvalue weighted by Crippen LogP contribution is -2.27. The molecule has 140 valence electrons. The molecule has 5 nitrogen and oxygen atoms in total. The molecule has 0 bridgehead atoms. The van der Waals surface area contributed by atoms with Gasteiger partial charge in [0.25, 0.3) is 11.1 Å². The quantitative estimate of drug-likeness (QED) is 0.523. The lowest BCUT2D eigenvalue weighted by molar-refractivity contribution is -0.113. The van der Waals surface area contributed by atoms with Crippen molar-refractivity contribution in [1.29, 1.82) is 0 Å². The molecule has 1 aliphatic rings. The zero-order valence-electron chi connectivity index (χ0n) is 14.5. The Morgan fingerprint density at radius 2 is 1.96 bits per heavy atom. The van der Waals surface area contributed by atoms with E-state index in [1.54, 1.807) is 49.6 Å². The molecule has 1 heterocycles. The van der Waals surface area contributed by atoms with E-state index < -0.39 is 11.1 Å². The van der Waals surface area contributed by atoms with Gasteiger partial charge < -0.3 is 9.47 Å². The lowest BCUT2D eigenvalue weighted by Gasteiger charge is -2.14. The number of anilines is 1. The largest absolute Gasteiger partial charge is 0.493 e. The van der Waals surface area contributed by atoms with Crippen molar-refractivity contribution in [1.82, 2.24) is 0 Å². The standard InChI is InChI=1S/C19H15BrClNO4S/c1-3-26-16-10-12(20)11(8-15(16)25-2)9-17-18(23)22(19(24)27-17)14-7-5-4-6-13(14)21/h4-10H,3H2,1-2H3/b17-9-. The van der Waals surface area contributed by atoms with Crippen LogP contribution in [0.15, 0.2) is 45.8 Å². The van der Waals surface area contributed by atoms with Gasteiger partial charge in [0.05, 0.1) is 29.3 Å². The van der Waals surface area contributed by atoms with Crippen LogP contribution in [0.4, 0.5) is 10.5 Å². The number of halogens is 2. The van der Waals surface area contributed by atoms with Crippen molar-refractivity contribution in [3.05, 3.63) is 56.4 Å². The van der Waals surface area contributed by atoms with Gasteiger partial charge in [0.15, 0.2) is 11.5 Å². The van der Waals surface area contributed by atoms with Gasteiger partial charge in [0.1, 0.15) is 0 Å². The molecule has 2 aromatic carbocycles. The summed E-state index contributed by atoms with van der Waals surface area (Å²) < 4.78 is 11.6. The number of nitrogens with zero attached hydrogens (tertiary/aromatic N) is 1. The maximum atomic E-state index is 12.8. The Balaban J connectivity index is 1.98. The van der Waals surface area contributed by atoms with E-state index >= 15 is 0 Å². The second-order valence-electron chi connectivity index (χ2n) is 5.43. The van der Waals surface area contributed by atoms with E-state index in [4.69, 9.17) is 21.1 Å². The minimum Gasteiger partial charge on any atom is -0.493 e. The summed E-state index contributed by atoms with van der Waals surface area (Å²) in [7, 11) is 1.54. The molecule has 2 amide bonds. The molecular formula is C19H15BrClNO4S. The molecular weight excluding hydrogens is 454 g/mol. The smallest absolute Gasteiger partial charge is 0.298 e. The summed E-state index contributed by atoms with van der Waals surface area (Å²) in [5, 5.41) is -0.0571. The highest BCUT2D eigenvalue weighted by Crippen LogP contribution is 2.40. The van der Waals surface area contributed by atoms with Crippen LogP contribution in [0.1, 0.15) is 12.5 Å². The van der Waals surface area contributed by atoms with Gasteiger partial charge >= 0.3 is 0 Å². The van der Waals surface area contributed by atoms with Crippen LogP contribution in [0, 0.1) is 0 Å². The highest BCUT2D eigenvalue weighted by Gasteiger charge is 2.37. The van der Waals surface area contributed by atoms with Crippen LogP contribution in [0.25, 0.3) is 6.08 Å². The predicted octanol–water partition coefficient (Wildman–Crippen LogP) is 5.75. The maximum absolute atomic E-state index is 12.8. The van der Waals surface area contributed by atoms with Gasteiger partial charge in [0.2, 0.25) is 0 Å². The van der Waals surface area contributed by atoms with Crippen LogP contribution in [-0.4, -0.2) is 24.9 Å². The average Bonchev–Trinajstić information content (AvgIpc) is 2.91. The Kier molecular flexibility index (Phi) is 6.14. The zero-order valence-corrected chi connectivity index (χ0v) is 17.7. The Hall–Kier alpha value is -1.96. The SMILES string of the molecule is CCOc1cc(Br)c(/C=C2\SC(=O)N(c3ccccc3Cl)C2=O)cc1OC. The fraction of sp³-hybridized carbons (Fsp3) is 0.158. The first-order chi connectivity index (χ1) is 13.0. The van der Waals surface area contributed by atoms with E-state index in [9.17, 15) is 9.59 Å². The van der Waals surface area contributed by atoms with Crippen LogP contribution < -0.4 is 14.4 Å². The van der Waals surface area contributed by atoms with Gasteiger partial charge in [0, 0.05) is 4.47 Å². The number of benzene rings is 2. The first-order valence-electron chi connectivity index (χ1n) is 7.99. The summed E-state index contributed by atoms with van der Waals surface area (Å²) in [5.74, 6) is 0.711. The molecule has 0 aromatic heterocycles. The van der Waals surface area contributed by atoms with Gasteiger partial charge in [-0.2, -0.15) is 0 Å². The number of rotatable bonds is 5. The molecule has 8 heteroatoms. The van der Waals surface area contributed by atoms with Crippen molar-refractivity contribution in [2.45, 2.75) is 6.92 Å². The topological polar surface area (TPSA) is 55.8 Å². The molecule has 0 unspecified atom stereocenters. The number of methoxy groups -OCH3 is 1. The normalized spacial score (nSPS) is 15.6. The average molecular weight is 469 g/mol. The number of amides is 2. The zero-order chi connectivity index (χ0) is 19.6. The summed E-state index contributed by atoms with van der Waals surface area (Å²) in [4.78, 5) is 26.6. The molecule has 0 saturated carbocycles. The molecule has 1 fully saturated rings. The molecule has 0 atom stereocenters. The van der Waals surface area contributed by atoms with Gasteiger partial charge in [-0.05, 0) is 54.6 Å².